The lowest BCUT2D eigenvalue weighted by atomic mass is 10.1. The largest absolute Gasteiger partial charge is 0.364 e. The lowest BCUT2D eigenvalue weighted by Gasteiger charge is -2.10. The molecule has 0 amide bonds. The number of nitrogens with one attached hydrogen (secondary N) is 2. The predicted octanol–water partition coefficient (Wildman–Crippen LogP) is 4.30. The van der Waals surface area contributed by atoms with E-state index in [0.717, 1.165) is 17.5 Å². The number of hydrogen-bond acceptors (Lipinski definition) is 6. The highest BCUT2D eigenvalue weighted by atomic mass is 35.5. The minimum absolute atomic E-state index is 0.167. The molecular weight excluding hydrogens is 366 g/mol. The monoisotopic (exact) mass is 383 g/mol. The van der Waals surface area contributed by atoms with Crippen molar-refractivity contribution in [2.24, 2.45) is 0 Å². The topological polar surface area (TPSA) is 93.0 Å². The van der Waals surface area contributed by atoms with Gasteiger partial charge in [0, 0.05) is 18.1 Å². The van der Waals surface area contributed by atoms with Crippen LogP contribution in [0.4, 0.5) is 17.3 Å². The van der Waals surface area contributed by atoms with E-state index in [1.165, 1.54) is 6.33 Å². The summed E-state index contributed by atoms with van der Waals surface area (Å²) in [5.74, 6) is 0.372. The fourth-order valence-electron chi connectivity index (χ4n) is 2.57. The molecular formula is C19H18ClN5O2. The number of anilines is 2. The maximum atomic E-state index is 11.6. The van der Waals surface area contributed by atoms with E-state index in [4.69, 9.17) is 11.6 Å². The van der Waals surface area contributed by atoms with E-state index in [0.29, 0.717) is 18.1 Å². The summed E-state index contributed by atoms with van der Waals surface area (Å²) in [4.78, 5) is 19.1. The van der Waals surface area contributed by atoms with Crippen LogP contribution in [0.25, 0.3) is 0 Å². The normalized spacial score (nSPS) is 10.4. The van der Waals surface area contributed by atoms with Crippen LogP contribution in [0.2, 0.25) is 5.02 Å². The molecule has 2 N–H and O–H groups in total. The molecule has 8 heteroatoms. The average Bonchev–Trinajstić information content (AvgIpc) is 2.68. The van der Waals surface area contributed by atoms with Gasteiger partial charge in [0.1, 0.15) is 6.33 Å². The number of halogens is 1. The third-order valence-electron chi connectivity index (χ3n) is 3.93. The van der Waals surface area contributed by atoms with Crippen LogP contribution < -0.4 is 10.6 Å². The van der Waals surface area contributed by atoms with Crippen LogP contribution in [0.5, 0.6) is 0 Å². The Labute approximate surface area is 161 Å². The number of nitro groups is 1. The lowest BCUT2D eigenvalue weighted by molar-refractivity contribution is -0.383. The Morgan fingerprint density at radius 2 is 1.59 bits per heavy atom. The quantitative estimate of drug-likeness (QED) is 0.445. The highest BCUT2D eigenvalue weighted by Crippen LogP contribution is 2.29. The Morgan fingerprint density at radius 3 is 2.26 bits per heavy atom. The van der Waals surface area contributed by atoms with Crippen molar-refractivity contribution in [3.8, 4) is 0 Å². The molecule has 0 saturated carbocycles. The molecule has 1 heterocycles. The Kier molecular flexibility index (Phi) is 6.17. The summed E-state index contributed by atoms with van der Waals surface area (Å²) < 4.78 is 0. The molecule has 0 aliphatic carbocycles. The summed E-state index contributed by atoms with van der Waals surface area (Å²) in [6.07, 6.45) is 2.04. The summed E-state index contributed by atoms with van der Waals surface area (Å²) in [6, 6.07) is 17.1. The molecule has 3 rings (SSSR count). The van der Waals surface area contributed by atoms with Gasteiger partial charge < -0.3 is 10.6 Å². The zero-order valence-corrected chi connectivity index (χ0v) is 15.2. The van der Waals surface area contributed by atoms with Crippen molar-refractivity contribution in [2.75, 3.05) is 17.2 Å². The third kappa shape index (κ3) is 5.15. The molecule has 0 unspecified atom stereocenters. The molecule has 2 aromatic carbocycles. The summed E-state index contributed by atoms with van der Waals surface area (Å²) >= 11 is 5.87. The molecule has 0 spiro atoms. The minimum atomic E-state index is -0.477. The van der Waals surface area contributed by atoms with Crippen molar-refractivity contribution in [2.45, 2.75) is 13.0 Å². The predicted molar refractivity (Wildman–Crippen MR) is 106 cm³/mol. The van der Waals surface area contributed by atoms with Gasteiger partial charge in [-0.25, -0.2) is 9.97 Å². The number of hydrogen-bond donors (Lipinski definition) is 2. The van der Waals surface area contributed by atoms with Crippen molar-refractivity contribution >= 4 is 28.9 Å². The van der Waals surface area contributed by atoms with E-state index >= 15 is 0 Å². The van der Waals surface area contributed by atoms with Crippen molar-refractivity contribution in [1.82, 2.24) is 9.97 Å². The standard InChI is InChI=1S/C19H18ClN5O2/c20-16-8-6-15(7-9-16)12-22-19-17(25(26)27)18(23-13-24-19)21-11-10-14-4-2-1-3-5-14/h1-9,13H,10-12H2,(H2,21,22,23,24). The smallest absolute Gasteiger partial charge is 0.353 e. The SMILES string of the molecule is O=[N+]([O-])c1c(NCCc2ccccc2)ncnc1NCc1ccc(Cl)cc1. The summed E-state index contributed by atoms with van der Waals surface area (Å²) in [6.45, 7) is 0.914. The van der Waals surface area contributed by atoms with E-state index in [2.05, 4.69) is 20.6 Å². The zero-order chi connectivity index (χ0) is 19.1. The summed E-state index contributed by atoms with van der Waals surface area (Å²) in [7, 11) is 0. The van der Waals surface area contributed by atoms with Gasteiger partial charge >= 0.3 is 5.69 Å². The fraction of sp³-hybridized carbons (Fsp3) is 0.158. The summed E-state index contributed by atoms with van der Waals surface area (Å²) in [5, 5.41) is 18.2. The third-order valence-corrected chi connectivity index (χ3v) is 4.18. The van der Waals surface area contributed by atoms with Crippen LogP contribution in [-0.2, 0) is 13.0 Å². The molecule has 0 saturated heterocycles. The Hall–Kier alpha value is -3.19. The number of benzene rings is 2. The van der Waals surface area contributed by atoms with Crippen LogP contribution in [-0.4, -0.2) is 21.4 Å². The molecule has 0 bridgehead atoms. The van der Waals surface area contributed by atoms with Crippen molar-refractivity contribution < 1.29 is 4.92 Å². The fourth-order valence-corrected chi connectivity index (χ4v) is 2.69. The van der Waals surface area contributed by atoms with Crippen LogP contribution in [0.1, 0.15) is 11.1 Å². The Balaban J connectivity index is 1.69. The number of rotatable bonds is 8. The Bertz CT molecular complexity index is 904. The first-order valence-electron chi connectivity index (χ1n) is 8.39. The molecule has 7 nitrogen and oxygen atoms in total. The van der Waals surface area contributed by atoms with Crippen LogP contribution in [0.3, 0.4) is 0 Å². The van der Waals surface area contributed by atoms with E-state index in [1.54, 1.807) is 12.1 Å². The van der Waals surface area contributed by atoms with Gasteiger partial charge in [0.05, 0.1) is 4.92 Å². The molecule has 0 fully saturated rings. The maximum absolute atomic E-state index is 11.6. The van der Waals surface area contributed by atoms with E-state index in [9.17, 15) is 10.1 Å². The van der Waals surface area contributed by atoms with Gasteiger partial charge in [0.25, 0.3) is 0 Å². The second-order valence-corrected chi connectivity index (χ2v) is 6.26. The van der Waals surface area contributed by atoms with Gasteiger partial charge in [0.15, 0.2) is 0 Å². The molecule has 3 aromatic rings. The van der Waals surface area contributed by atoms with Crippen LogP contribution >= 0.6 is 11.6 Å². The molecule has 0 atom stereocenters. The lowest BCUT2D eigenvalue weighted by Crippen LogP contribution is -2.12. The van der Waals surface area contributed by atoms with Crippen LogP contribution in [0.15, 0.2) is 60.9 Å². The molecule has 1 aromatic heterocycles. The van der Waals surface area contributed by atoms with Gasteiger partial charge in [-0.2, -0.15) is 0 Å². The van der Waals surface area contributed by atoms with E-state index < -0.39 is 4.92 Å². The molecule has 138 valence electrons. The molecule has 0 aliphatic heterocycles. The second-order valence-electron chi connectivity index (χ2n) is 5.82. The second kappa shape index (κ2) is 8.95. The highest BCUT2D eigenvalue weighted by Gasteiger charge is 2.22. The van der Waals surface area contributed by atoms with Crippen molar-refractivity contribution in [1.29, 1.82) is 0 Å². The zero-order valence-electron chi connectivity index (χ0n) is 14.4. The maximum Gasteiger partial charge on any atom is 0.353 e. The number of nitrogens with zero attached hydrogens (tertiary/aromatic N) is 3. The van der Waals surface area contributed by atoms with Crippen LogP contribution in [0, 0.1) is 10.1 Å². The highest BCUT2D eigenvalue weighted by molar-refractivity contribution is 6.30. The molecule has 0 radical (unpaired) electrons. The first-order valence-corrected chi connectivity index (χ1v) is 8.77. The first-order chi connectivity index (χ1) is 13.1. The Morgan fingerprint density at radius 1 is 0.926 bits per heavy atom. The summed E-state index contributed by atoms with van der Waals surface area (Å²) in [5.41, 5.74) is 1.91. The van der Waals surface area contributed by atoms with Gasteiger partial charge in [-0.1, -0.05) is 54.1 Å². The van der Waals surface area contributed by atoms with E-state index in [-0.39, 0.29) is 17.3 Å². The van der Waals surface area contributed by atoms with E-state index in [1.807, 2.05) is 42.5 Å². The van der Waals surface area contributed by atoms with Gasteiger partial charge in [-0.05, 0) is 29.7 Å². The first kappa shape index (κ1) is 18.6. The van der Waals surface area contributed by atoms with Crippen molar-refractivity contribution in [3.05, 3.63) is 87.2 Å². The van der Waals surface area contributed by atoms with Gasteiger partial charge in [0.2, 0.25) is 11.6 Å². The molecule has 27 heavy (non-hydrogen) atoms. The minimum Gasteiger partial charge on any atom is -0.364 e. The average molecular weight is 384 g/mol. The number of aromatic nitrogens is 2. The van der Waals surface area contributed by atoms with Crippen molar-refractivity contribution in [3.63, 3.8) is 0 Å². The van der Waals surface area contributed by atoms with Gasteiger partial charge in [-0.3, -0.25) is 10.1 Å². The van der Waals surface area contributed by atoms with Gasteiger partial charge in [-0.15, -0.1) is 0 Å². The molecule has 0 aliphatic rings.